The number of carbonyl (C=O) groups is 1. The van der Waals surface area contributed by atoms with Crippen LogP contribution in [0.1, 0.15) is 45.4 Å². The van der Waals surface area contributed by atoms with Crippen LogP contribution in [-0.4, -0.2) is 56.4 Å². The van der Waals surface area contributed by atoms with Gasteiger partial charge < -0.3 is 10.2 Å². The molecule has 1 N–H and O–H groups in total. The molecule has 0 aromatic carbocycles. The number of piperidine rings is 2. The molecule has 2 aliphatic heterocycles. The van der Waals surface area contributed by atoms with Crippen LogP contribution in [0.25, 0.3) is 0 Å². The molecule has 0 aromatic heterocycles. The Morgan fingerprint density at radius 2 is 1.95 bits per heavy atom. The molecule has 2 aliphatic rings. The molecule has 5 nitrogen and oxygen atoms in total. The van der Waals surface area contributed by atoms with Crippen molar-refractivity contribution in [3.8, 4) is 0 Å². The number of nitrogens with zero attached hydrogens (tertiary/aromatic N) is 1. The maximum atomic E-state index is 13.0. The summed E-state index contributed by atoms with van der Waals surface area (Å²) in [7, 11) is -3.40. The van der Waals surface area contributed by atoms with E-state index in [1.807, 2.05) is 4.90 Å². The average molecular weight is 353 g/mol. The molecule has 0 bridgehead atoms. The molecule has 0 radical (unpaired) electrons. The van der Waals surface area contributed by atoms with Crippen molar-refractivity contribution in [3.05, 3.63) is 0 Å². The van der Waals surface area contributed by atoms with Crippen LogP contribution in [-0.2, 0) is 14.6 Å². The van der Waals surface area contributed by atoms with Gasteiger partial charge in [-0.3, -0.25) is 4.79 Å². The minimum atomic E-state index is -3.40. The van der Waals surface area contributed by atoms with Crippen molar-refractivity contribution >= 4 is 28.2 Å². The van der Waals surface area contributed by atoms with Gasteiger partial charge in [0.1, 0.15) is 0 Å². The van der Waals surface area contributed by atoms with E-state index >= 15 is 0 Å². The maximum absolute atomic E-state index is 13.0. The number of rotatable bonds is 4. The molecule has 2 saturated heterocycles. The van der Waals surface area contributed by atoms with Crippen LogP contribution in [0.3, 0.4) is 0 Å². The van der Waals surface area contributed by atoms with Gasteiger partial charge in [-0.25, -0.2) is 8.42 Å². The van der Waals surface area contributed by atoms with E-state index in [1.54, 1.807) is 0 Å². The summed E-state index contributed by atoms with van der Waals surface area (Å²) in [5.74, 6) is 0.387. The predicted octanol–water partition coefficient (Wildman–Crippen LogP) is 1.61. The molecular weight excluding hydrogens is 324 g/mol. The third kappa shape index (κ3) is 3.95. The number of likely N-dealkylation sites (tertiary alicyclic amines) is 1. The van der Waals surface area contributed by atoms with E-state index in [4.69, 9.17) is 0 Å². The Kier molecular flexibility index (Phi) is 7.15. The first-order valence-electron chi connectivity index (χ1n) is 8.10. The maximum Gasteiger partial charge on any atom is 0.244 e. The first-order valence-corrected chi connectivity index (χ1v) is 9.99. The van der Waals surface area contributed by atoms with Crippen molar-refractivity contribution in [3.63, 3.8) is 0 Å². The Morgan fingerprint density at radius 1 is 1.32 bits per heavy atom. The van der Waals surface area contributed by atoms with Crippen molar-refractivity contribution in [2.75, 3.05) is 32.4 Å². The predicted molar refractivity (Wildman–Crippen MR) is 91.1 cm³/mol. The summed E-state index contributed by atoms with van der Waals surface area (Å²) in [5, 5.41) is 3.16. The van der Waals surface area contributed by atoms with Crippen molar-refractivity contribution in [1.82, 2.24) is 10.2 Å². The number of amides is 1. The third-order valence-electron chi connectivity index (χ3n) is 5.01. The van der Waals surface area contributed by atoms with Crippen LogP contribution in [0.15, 0.2) is 0 Å². The fourth-order valence-corrected chi connectivity index (χ4v) is 5.15. The number of sulfone groups is 1. The van der Waals surface area contributed by atoms with Gasteiger partial charge >= 0.3 is 0 Å². The smallest absolute Gasteiger partial charge is 0.244 e. The summed E-state index contributed by atoms with van der Waals surface area (Å²) in [6.45, 7) is 4.81. The van der Waals surface area contributed by atoms with Crippen LogP contribution >= 0.6 is 12.4 Å². The number of nitrogens with one attached hydrogen (secondary N) is 1. The van der Waals surface area contributed by atoms with Crippen LogP contribution < -0.4 is 5.32 Å². The van der Waals surface area contributed by atoms with E-state index in [2.05, 4.69) is 12.2 Å². The summed E-state index contributed by atoms with van der Waals surface area (Å²) < 4.78 is 23.5. The molecule has 0 aliphatic carbocycles. The molecule has 130 valence electrons. The number of hydrogen-bond acceptors (Lipinski definition) is 4. The SMILES string of the molecule is CCCC1CCCN(C(=O)C2(S(C)(=O)=O)CCNCC2)C1.Cl. The lowest BCUT2D eigenvalue weighted by molar-refractivity contribution is -0.136. The second-order valence-corrected chi connectivity index (χ2v) is 8.89. The van der Waals surface area contributed by atoms with Crippen molar-refractivity contribution in [2.24, 2.45) is 5.92 Å². The normalized spacial score (nSPS) is 25.4. The average Bonchev–Trinajstić information content (AvgIpc) is 2.47. The lowest BCUT2D eigenvalue weighted by atomic mass is 9.90. The fraction of sp³-hybridized carbons (Fsp3) is 0.933. The molecule has 1 atom stereocenters. The summed E-state index contributed by atoms with van der Waals surface area (Å²) in [4.78, 5) is 14.8. The molecule has 0 aromatic rings. The summed E-state index contributed by atoms with van der Waals surface area (Å²) >= 11 is 0. The zero-order chi connectivity index (χ0) is 15.5. The van der Waals surface area contributed by atoms with Gasteiger partial charge in [0.25, 0.3) is 0 Å². The highest BCUT2D eigenvalue weighted by Gasteiger charge is 2.50. The summed E-state index contributed by atoms with van der Waals surface area (Å²) in [6.07, 6.45) is 6.42. The first-order chi connectivity index (χ1) is 9.90. The van der Waals surface area contributed by atoms with Gasteiger partial charge in [0.2, 0.25) is 5.91 Å². The van der Waals surface area contributed by atoms with E-state index < -0.39 is 14.6 Å². The number of hydrogen-bond donors (Lipinski definition) is 1. The summed E-state index contributed by atoms with van der Waals surface area (Å²) in [5.41, 5.74) is 0. The second kappa shape index (κ2) is 7.97. The van der Waals surface area contributed by atoms with Gasteiger partial charge in [0, 0.05) is 19.3 Å². The Labute approximate surface area is 140 Å². The highest BCUT2D eigenvalue weighted by Crippen LogP contribution is 2.32. The van der Waals surface area contributed by atoms with Crippen LogP contribution in [0.2, 0.25) is 0 Å². The second-order valence-electron chi connectivity index (χ2n) is 6.56. The zero-order valence-electron chi connectivity index (χ0n) is 13.6. The topological polar surface area (TPSA) is 66.5 Å². The van der Waals surface area contributed by atoms with Crippen LogP contribution in [0, 0.1) is 5.92 Å². The lowest BCUT2D eigenvalue weighted by Gasteiger charge is -2.41. The highest BCUT2D eigenvalue weighted by molar-refractivity contribution is 7.92. The van der Waals surface area contributed by atoms with E-state index in [1.165, 1.54) is 6.26 Å². The lowest BCUT2D eigenvalue weighted by Crippen LogP contribution is -2.59. The van der Waals surface area contributed by atoms with Gasteiger partial charge in [0.05, 0.1) is 0 Å². The quantitative estimate of drug-likeness (QED) is 0.834. The fourth-order valence-electron chi connectivity index (χ4n) is 3.76. The standard InChI is InChI=1S/C15H28N2O3S.ClH/c1-3-5-13-6-4-11-17(12-13)14(18)15(21(2,19)20)7-9-16-10-8-15;/h13,16H,3-12H2,1-2H3;1H. The molecule has 2 heterocycles. The Bertz CT molecular complexity index is 473. The Hall–Kier alpha value is -0.330. The Morgan fingerprint density at radius 3 is 2.50 bits per heavy atom. The summed E-state index contributed by atoms with van der Waals surface area (Å²) in [6, 6.07) is 0. The minimum absolute atomic E-state index is 0. The van der Waals surface area contributed by atoms with Gasteiger partial charge in [0.15, 0.2) is 14.6 Å². The van der Waals surface area contributed by atoms with Crippen molar-refractivity contribution in [1.29, 1.82) is 0 Å². The van der Waals surface area contributed by atoms with Gasteiger partial charge in [-0.2, -0.15) is 0 Å². The molecule has 0 spiro atoms. The molecule has 0 saturated carbocycles. The van der Waals surface area contributed by atoms with Crippen molar-refractivity contribution in [2.45, 2.75) is 50.2 Å². The monoisotopic (exact) mass is 352 g/mol. The van der Waals surface area contributed by atoms with Crippen LogP contribution in [0.4, 0.5) is 0 Å². The third-order valence-corrected chi connectivity index (χ3v) is 7.02. The Balaban J connectivity index is 0.00000242. The van der Waals surface area contributed by atoms with Gasteiger partial charge in [-0.15, -0.1) is 12.4 Å². The molecule has 2 rings (SSSR count). The molecule has 1 unspecified atom stereocenters. The molecular formula is C15H29ClN2O3S. The van der Waals surface area contributed by atoms with E-state index in [-0.39, 0.29) is 18.3 Å². The van der Waals surface area contributed by atoms with Gasteiger partial charge in [-0.1, -0.05) is 13.3 Å². The van der Waals surface area contributed by atoms with E-state index in [9.17, 15) is 13.2 Å². The highest BCUT2D eigenvalue weighted by atomic mass is 35.5. The molecule has 2 fully saturated rings. The first kappa shape index (κ1) is 19.7. The molecule has 1 amide bonds. The zero-order valence-corrected chi connectivity index (χ0v) is 15.3. The molecule has 7 heteroatoms. The molecule has 22 heavy (non-hydrogen) atoms. The van der Waals surface area contributed by atoms with Crippen molar-refractivity contribution < 1.29 is 13.2 Å². The largest absolute Gasteiger partial charge is 0.341 e. The van der Waals surface area contributed by atoms with Crippen LogP contribution in [0.5, 0.6) is 0 Å². The minimum Gasteiger partial charge on any atom is -0.341 e. The van der Waals surface area contributed by atoms with E-state index in [0.29, 0.717) is 38.4 Å². The number of halogens is 1. The van der Waals surface area contributed by atoms with E-state index in [0.717, 1.165) is 32.2 Å². The number of carbonyl (C=O) groups excluding carboxylic acids is 1. The van der Waals surface area contributed by atoms with Gasteiger partial charge in [-0.05, 0) is 51.1 Å².